The van der Waals surface area contributed by atoms with Crippen LogP contribution in [0.15, 0.2) is 72.4 Å². The van der Waals surface area contributed by atoms with Gasteiger partial charge in [-0.25, -0.2) is 4.90 Å². The molecule has 30 heavy (non-hydrogen) atoms. The maximum atomic E-state index is 13.4. The first kappa shape index (κ1) is 20.2. The second-order valence-electron chi connectivity index (χ2n) is 7.01. The minimum Gasteiger partial charge on any atom is -0.350 e. The third-order valence-corrected chi connectivity index (χ3v) is 5.99. The number of carbonyl (C=O) groups excluding carboxylic acids is 2. The van der Waals surface area contributed by atoms with E-state index in [0.717, 1.165) is 21.7 Å². The van der Waals surface area contributed by atoms with E-state index in [1.807, 2.05) is 50.2 Å². The zero-order valence-corrected chi connectivity index (χ0v) is 17.9. The molecule has 6 heteroatoms. The molecule has 0 spiro atoms. The van der Waals surface area contributed by atoms with Gasteiger partial charge >= 0.3 is 0 Å². The molecule has 150 valence electrons. The van der Waals surface area contributed by atoms with Gasteiger partial charge in [0.25, 0.3) is 11.8 Å². The fourth-order valence-corrected chi connectivity index (χ4v) is 3.80. The Labute approximate surface area is 184 Å². The van der Waals surface area contributed by atoms with Crippen LogP contribution in [0.1, 0.15) is 16.7 Å². The molecular formula is C24H18Cl2N2O2. The van der Waals surface area contributed by atoms with Gasteiger partial charge in [-0.2, -0.15) is 0 Å². The average molecular weight is 437 g/mol. The van der Waals surface area contributed by atoms with E-state index in [1.165, 1.54) is 0 Å². The SMILES string of the molecule is Cc1cccc(NC2=C(c3ccccc3)C(=O)N(c3cccc(Cl)c3Cl)C2=O)c1C. The van der Waals surface area contributed by atoms with Crippen LogP contribution in [0.2, 0.25) is 10.0 Å². The molecule has 2 amide bonds. The maximum Gasteiger partial charge on any atom is 0.282 e. The lowest BCUT2D eigenvalue weighted by Gasteiger charge is -2.18. The van der Waals surface area contributed by atoms with Crippen LogP contribution in [0.3, 0.4) is 0 Å². The molecule has 1 aliphatic heterocycles. The van der Waals surface area contributed by atoms with Crippen LogP contribution in [0.5, 0.6) is 0 Å². The van der Waals surface area contributed by atoms with Crippen molar-refractivity contribution in [2.45, 2.75) is 13.8 Å². The largest absolute Gasteiger partial charge is 0.350 e. The Hall–Kier alpha value is -3.08. The molecule has 0 bridgehead atoms. The van der Waals surface area contributed by atoms with Gasteiger partial charge in [0, 0.05) is 5.69 Å². The highest BCUT2D eigenvalue weighted by Crippen LogP contribution is 2.39. The maximum absolute atomic E-state index is 13.4. The number of rotatable bonds is 4. The van der Waals surface area contributed by atoms with E-state index in [1.54, 1.807) is 30.3 Å². The summed E-state index contributed by atoms with van der Waals surface area (Å²) in [5, 5.41) is 3.63. The number of amides is 2. The van der Waals surface area contributed by atoms with Gasteiger partial charge in [0.2, 0.25) is 0 Å². The fraction of sp³-hybridized carbons (Fsp3) is 0.0833. The number of hydrogen-bond acceptors (Lipinski definition) is 3. The first-order chi connectivity index (χ1) is 14.4. The molecule has 0 saturated carbocycles. The van der Waals surface area contributed by atoms with Gasteiger partial charge in [-0.15, -0.1) is 0 Å². The fourth-order valence-electron chi connectivity index (χ4n) is 3.42. The minimum atomic E-state index is -0.482. The lowest BCUT2D eigenvalue weighted by Crippen LogP contribution is -2.32. The predicted octanol–water partition coefficient (Wildman–Crippen LogP) is 6.01. The molecule has 0 fully saturated rings. The van der Waals surface area contributed by atoms with Crippen LogP contribution in [-0.4, -0.2) is 11.8 Å². The number of imide groups is 1. The van der Waals surface area contributed by atoms with Crippen LogP contribution in [0, 0.1) is 13.8 Å². The van der Waals surface area contributed by atoms with Crippen molar-refractivity contribution in [2.24, 2.45) is 0 Å². The molecule has 0 aliphatic carbocycles. The second-order valence-corrected chi connectivity index (χ2v) is 7.79. The third kappa shape index (κ3) is 3.38. The van der Waals surface area contributed by atoms with Gasteiger partial charge in [-0.05, 0) is 48.7 Å². The highest BCUT2D eigenvalue weighted by Gasteiger charge is 2.41. The van der Waals surface area contributed by atoms with Gasteiger partial charge < -0.3 is 5.32 Å². The normalized spacial score (nSPS) is 13.9. The number of benzene rings is 3. The predicted molar refractivity (Wildman–Crippen MR) is 122 cm³/mol. The van der Waals surface area contributed by atoms with Crippen LogP contribution >= 0.6 is 23.2 Å². The number of anilines is 2. The number of nitrogens with zero attached hydrogens (tertiary/aromatic N) is 1. The molecule has 1 N–H and O–H groups in total. The van der Waals surface area contributed by atoms with Crippen molar-refractivity contribution in [3.8, 4) is 0 Å². The molecule has 3 aromatic rings. The van der Waals surface area contributed by atoms with Crippen LogP contribution in [0.4, 0.5) is 11.4 Å². The summed E-state index contributed by atoms with van der Waals surface area (Å²) >= 11 is 12.5. The first-order valence-corrected chi connectivity index (χ1v) is 10.1. The Morgan fingerprint density at radius 3 is 2.23 bits per heavy atom. The van der Waals surface area contributed by atoms with Gasteiger partial charge in [0.1, 0.15) is 5.70 Å². The average Bonchev–Trinajstić information content (AvgIpc) is 2.98. The summed E-state index contributed by atoms with van der Waals surface area (Å²) in [5.74, 6) is -0.938. The summed E-state index contributed by atoms with van der Waals surface area (Å²) in [7, 11) is 0. The molecule has 1 heterocycles. The summed E-state index contributed by atoms with van der Waals surface area (Å²) in [6.45, 7) is 3.96. The number of hydrogen-bond donors (Lipinski definition) is 1. The van der Waals surface area contributed by atoms with E-state index in [-0.39, 0.29) is 27.0 Å². The number of aryl methyl sites for hydroxylation is 1. The summed E-state index contributed by atoms with van der Waals surface area (Å²) in [4.78, 5) is 28.0. The first-order valence-electron chi connectivity index (χ1n) is 9.36. The van der Waals surface area contributed by atoms with E-state index in [0.29, 0.717) is 5.56 Å². The van der Waals surface area contributed by atoms with Crippen LogP contribution in [0.25, 0.3) is 5.57 Å². The van der Waals surface area contributed by atoms with Gasteiger partial charge in [0.05, 0.1) is 21.3 Å². The summed E-state index contributed by atoms with van der Waals surface area (Å²) < 4.78 is 0. The van der Waals surface area contributed by atoms with Gasteiger partial charge in [-0.1, -0.05) is 71.7 Å². The number of nitrogens with one attached hydrogen (secondary N) is 1. The Balaban J connectivity index is 1.87. The Morgan fingerprint density at radius 1 is 0.800 bits per heavy atom. The molecule has 4 nitrogen and oxygen atoms in total. The molecule has 0 unspecified atom stereocenters. The number of carbonyl (C=O) groups is 2. The van der Waals surface area contributed by atoms with Gasteiger partial charge in [0.15, 0.2) is 0 Å². The monoisotopic (exact) mass is 436 g/mol. The highest BCUT2D eigenvalue weighted by molar-refractivity contribution is 6.50. The van der Waals surface area contributed by atoms with Crippen molar-refractivity contribution in [1.82, 2.24) is 0 Å². The molecule has 0 radical (unpaired) electrons. The van der Waals surface area contributed by atoms with E-state index in [9.17, 15) is 9.59 Å². The van der Waals surface area contributed by atoms with Crippen molar-refractivity contribution in [3.63, 3.8) is 0 Å². The van der Waals surface area contributed by atoms with E-state index in [4.69, 9.17) is 23.2 Å². The van der Waals surface area contributed by atoms with Crippen molar-refractivity contribution in [3.05, 3.63) is 99.2 Å². The highest BCUT2D eigenvalue weighted by atomic mass is 35.5. The summed E-state index contributed by atoms with van der Waals surface area (Å²) in [6, 6.07) is 19.7. The third-order valence-electron chi connectivity index (χ3n) is 5.18. The number of halogens is 2. The molecular weight excluding hydrogens is 419 g/mol. The second kappa shape index (κ2) is 7.98. The molecule has 0 atom stereocenters. The molecule has 3 aromatic carbocycles. The van der Waals surface area contributed by atoms with Crippen LogP contribution in [-0.2, 0) is 9.59 Å². The lowest BCUT2D eigenvalue weighted by atomic mass is 10.0. The lowest BCUT2D eigenvalue weighted by molar-refractivity contribution is -0.120. The molecule has 1 aliphatic rings. The molecule has 4 rings (SSSR count). The van der Waals surface area contributed by atoms with Crippen molar-refractivity contribution < 1.29 is 9.59 Å². The van der Waals surface area contributed by atoms with E-state index >= 15 is 0 Å². The van der Waals surface area contributed by atoms with Crippen molar-refractivity contribution in [1.29, 1.82) is 0 Å². The quantitative estimate of drug-likeness (QED) is 0.509. The Bertz CT molecular complexity index is 1200. The van der Waals surface area contributed by atoms with Crippen molar-refractivity contribution in [2.75, 3.05) is 10.2 Å². The molecule has 0 aromatic heterocycles. The minimum absolute atomic E-state index is 0.154. The Kier molecular flexibility index (Phi) is 5.37. The van der Waals surface area contributed by atoms with Crippen molar-refractivity contribution >= 4 is 52.0 Å². The Morgan fingerprint density at radius 2 is 1.50 bits per heavy atom. The smallest absolute Gasteiger partial charge is 0.282 e. The zero-order chi connectivity index (χ0) is 21.4. The van der Waals surface area contributed by atoms with E-state index in [2.05, 4.69) is 5.32 Å². The summed E-state index contributed by atoms with van der Waals surface area (Å²) in [6.07, 6.45) is 0. The zero-order valence-electron chi connectivity index (χ0n) is 16.4. The van der Waals surface area contributed by atoms with E-state index < -0.39 is 11.8 Å². The van der Waals surface area contributed by atoms with Crippen LogP contribution < -0.4 is 10.2 Å². The topological polar surface area (TPSA) is 49.4 Å². The molecule has 0 saturated heterocycles. The van der Waals surface area contributed by atoms with Gasteiger partial charge in [-0.3, -0.25) is 9.59 Å². The summed E-state index contributed by atoms with van der Waals surface area (Å²) in [5.41, 5.74) is 4.23. The standard InChI is InChI=1S/C24H18Cl2N2O2/c1-14-8-6-12-18(15(14)2)27-22-20(16-9-4-3-5-10-16)23(29)28(24(22)30)19-13-7-11-17(25)21(19)26/h3-13,27H,1-2H3.